The standard InChI is InChI=1S/C29H35F2N2O3.BrH/c1-23-32(18-19-33(23)22-24-11-4-2-5-12-24)17-8-9-20-36-27(34)29(35,25-13-6-3-7-14-25)26-15-10-16-28(30,31)21-26;/h2-7,11-14,18-19,26,35H,8-10,15-17,20-22H2,1H3;1H/q+1;/p-1/t26-,29+;/m1./s1. The Morgan fingerprint density at radius 3 is 2.49 bits per heavy atom. The highest BCUT2D eigenvalue weighted by Crippen LogP contribution is 2.45. The van der Waals surface area contributed by atoms with E-state index in [4.69, 9.17) is 4.74 Å². The Kier molecular flexibility index (Phi) is 10.0. The molecule has 8 heteroatoms. The zero-order chi connectivity index (χ0) is 25.6. The summed E-state index contributed by atoms with van der Waals surface area (Å²) in [6.07, 6.45) is 5.36. The van der Waals surface area contributed by atoms with Crippen LogP contribution in [-0.2, 0) is 28.2 Å². The fraction of sp³-hybridized carbons (Fsp3) is 0.448. The third-order valence-corrected chi connectivity index (χ3v) is 7.24. The van der Waals surface area contributed by atoms with E-state index in [9.17, 15) is 18.7 Å². The summed E-state index contributed by atoms with van der Waals surface area (Å²) in [5.41, 5.74) is -0.536. The fourth-order valence-electron chi connectivity index (χ4n) is 5.13. The Balaban J connectivity index is 0.00000380. The molecule has 2 aromatic carbocycles. The average molecular weight is 578 g/mol. The summed E-state index contributed by atoms with van der Waals surface area (Å²) in [7, 11) is 0. The topological polar surface area (TPSA) is 55.3 Å². The van der Waals surface area contributed by atoms with Gasteiger partial charge in [-0.05, 0) is 36.8 Å². The molecule has 1 aromatic heterocycles. The zero-order valence-electron chi connectivity index (χ0n) is 21.2. The van der Waals surface area contributed by atoms with Gasteiger partial charge in [-0.25, -0.2) is 22.7 Å². The molecule has 0 aliphatic heterocycles. The summed E-state index contributed by atoms with van der Waals surface area (Å²) < 4.78 is 38.2. The fourth-order valence-corrected chi connectivity index (χ4v) is 5.13. The molecular weight excluding hydrogens is 542 g/mol. The molecule has 200 valence electrons. The number of unbranched alkanes of at least 4 members (excludes halogenated alkanes) is 1. The number of halogens is 3. The van der Waals surface area contributed by atoms with Crippen LogP contribution in [-0.4, -0.2) is 28.2 Å². The minimum atomic E-state index is -2.89. The van der Waals surface area contributed by atoms with E-state index >= 15 is 0 Å². The maximum absolute atomic E-state index is 14.2. The molecule has 1 N–H and O–H groups in total. The van der Waals surface area contributed by atoms with Gasteiger partial charge in [0.25, 0.3) is 5.82 Å². The van der Waals surface area contributed by atoms with Crippen molar-refractivity contribution in [3.63, 3.8) is 0 Å². The van der Waals surface area contributed by atoms with E-state index in [1.54, 1.807) is 30.3 Å². The number of hydrogen-bond acceptors (Lipinski definition) is 3. The normalized spacial score (nSPS) is 18.4. The van der Waals surface area contributed by atoms with Crippen LogP contribution in [0.4, 0.5) is 8.78 Å². The molecule has 1 fully saturated rings. The summed E-state index contributed by atoms with van der Waals surface area (Å²) in [5, 5.41) is 11.5. The van der Waals surface area contributed by atoms with Gasteiger partial charge in [0.15, 0.2) is 5.60 Å². The molecule has 0 saturated heterocycles. The molecule has 3 aromatic rings. The Bertz CT molecular complexity index is 1140. The number of hydrogen-bond donors (Lipinski definition) is 1. The number of carbonyl (C=O) groups excluding carboxylic acids is 1. The summed E-state index contributed by atoms with van der Waals surface area (Å²) in [5.74, 6) is -3.49. The van der Waals surface area contributed by atoms with Gasteiger partial charge in [-0.1, -0.05) is 60.7 Å². The van der Waals surface area contributed by atoms with Crippen LogP contribution in [0.1, 0.15) is 55.5 Å². The molecule has 5 nitrogen and oxygen atoms in total. The molecule has 0 radical (unpaired) electrons. The molecule has 37 heavy (non-hydrogen) atoms. The van der Waals surface area contributed by atoms with Crippen molar-refractivity contribution in [2.75, 3.05) is 6.61 Å². The Labute approximate surface area is 227 Å². The lowest BCUT2D eigenvalue weighted by Gasteiger charge is -2.39. The summed E-state index contributed by atoms with van der Waals surface area (Å²) >= 11 is 0. The van der Waals surface area contributed by atoms with Crippen molar-refractivity contribution in [1.29, 1.82) is 0 Å². The smallest absolute Gasteiger partial charge is 0.343 e. The second-order valence-corrected chi connectivity index (χ2v) is 9.78. The number of ether oxygens (including phenoxy) is 1. The number of aromatic nitrogens is 2. The van der Waals surface area contributed by atoms with Crippen LogP contribution in [0.25, 0.3) is 0 Å². The Morgan fingerprint density at radius 2 is 1.81 bits per heavy atom. The van der Waals surface area contributed by atoms with Gasteiger partial charge < -0.3 is 26.8 Å². The number of carbonyl (C=O) groups is 1. The van der Waals surface area contributed by atoms with E-state index < -0.39 is 29.8 Å². The van der Waals surface area contributed by atoms with Gasteiger partial charge in [0.2, 0.25) is 5.92 Å². The molecule has 0 spiro atoms. The van der Waals surface area contributed by atoms with Gasteiger partial charge >= 0.3 is 5.97 Å². The number of imidazole rings is 1. The SMILES string of the molecule is Cc1n(CCCCOC(=O)[C@](O)(c2ccccc2)[C@@H]2CCCC(F)(F)C2)cc[n+]1Cc1ccccc1.[Br-]. The molecule has 0 unspecified atom stereocenters. The summed E-state index contributed by atoms with van der Waals surface area (Å²) in [6, 6.07) is 18.6. The quantitative estimate of drug-likeness (QED) is 0.229. The number of alkyl halides is 2. The predicted octanol–water partition coefficient (Wildman–Crippen LogP) is 2.17. The van der Waals surface area contributed by atoms with Crippen LogP contribution in [0.5, 0.6) is 0 Å². The zero-order valence-corrected chi connectivity index (χ0v) is 22.7. The minimum absolute atomic E-state index is 0. The second-order valence-electron chi connectivity index (χ2n) is 9.78. The van der Waals surface area contributed by atoms with Gasteiger partial charge in [-0.3, -0.25) is 0 Å². The highest BCUT2D eigenvalue weighted by molar-refractivity contribution is 5.81. The molecule has 0 bridgehead atoms. The van der Waals surface area contributed by atoms with E-state index in [2.05, 4.69) is 34.4 Å². The van der Waals surface area contributed by atoms with E-state index in [1.807, 2.05) is 24.4 Å². The summed E-state index contributed by atoms with van der Waals surface area (Å²) in [4.78, 5) is 13.1. The molecule has 4 rings (SSSR count). The molecule has 1 aliphatic carbocycles. The highest BCUT2D eigenvalue weighted by atomic mass is 79.9. The number of rotatable bonds is 10. The van der Waals surface area contributed by atoms with Crippen LogP contribution in [0.3, 0.4) is 0 Å². The van der Waals surface area contributed by atoms with Crippen LogP contribution >= 0.6 is 0 Å². The van der Waals surface area contributed by atoms with Gasteiger partial charge in [-0.15, -0.1) is 0 Å². The van der Waals surface area contributed by atoms with Gasteiger partial charge in [-0.2, -0.15) is 0 Å². The van der Waals surface area contributed by atoms with Crippen molar-refractivity contribution in [2.24, 2.45) is 5.92 Å². The number of aryl methyl sites for hydroxylation is 1. The van der Waals surface area contributed by atoms with Crippen molar-refractivity contribution < 1.29 is 45.0 Å². The molecule has 1 heterocycles. The van der Waals surface area contributed by atoms with Crippen molar-refractivity contribution in [2.45, 2.75) is 70.1 Å². The number of aliphatic hydroxyl groups is 1. The lowest BCUT2D eigenvalue weighted by molar-refractivity contribution is -0.694. The van der Waals surface area contributed by atoms with Crippen LogP contribution in [0.15, 0.2) is 73.1 Å². The average Bonchev–Trinajstić information content (AvgIpc) is 3.22. The third-order valence-electron chi connectivity index (χ3n) is 7.24. The third kappa shape index (κ3) is 7.05. The highest BCUT2D eigenvalue weighted by Gasteiger charge is 2.52. The lowest BCUT2D eigenvalue weighted by Crippen LogP contribution is -3.00. The Hall–Kier alpha value is -2.58. The van der Waals surface area contributed by atoms with Crippen LogP contribution < -0.4 is 21.5 Å². The van der Waals surface area contributed by atoms with Gasteiger partial charge in [0.1, 0.15) is 18.9 Å². The number of esters is 1. The molecule has 2 atom stereocenters. The predicted molar refractivity (Wildman–Crippen MR) is 132 cm³/mol. The largest absolute Gasteiger partial charge is 1.00 e. The summed E-state index contributed by atoms with van der Waals surface area (Å²) in [6.45, 7) is 3.77. The van der Waals surface area contributed by atoms with Gasteiger partial charge in [0, 0.05) is 25.7 Å². The molecule has 1 saturated carbocycles. The van der Waals surface area contributed by atoms with E-state index in [1.165, 1.54) is 5.56 Å². The number of nitrogens with zero attached hydrogens (tertiary/aromatic N) is 2. The minimum Gasteiger partial charge on any atom is -1.00 e. The first-order valence-electron chi connectivity index (χ1n) is 12.7. The van der Waals surface area contributed by atoms with Crippen LogP contribution in [0, 0.1) is 12.8 Å². The first-order valence-corrected chi connectivity index (χ1v) is 12.7. The first kappa shape index (κ1) is 29.0. The van der Waals surface area contributed by atoms with E-state index in [-0.39, 0.29) is 36.4 Å². The van der Waals surface area contributed by atoms with Crippen molar-refractivity contribution in [3.8, 4) is 0 Å². The maximum Gasteiger partial charge on any atom is 0.343 e. The first-order chi connectivity index (χ1) is 17.3. The molecule has 0 amide bonds. The lowest BCUT2D eigenvalue weighted by atomic mass is 9.72. The van der Waals surface area contributed by atoms with E-state index in [0.717, 1.165) is 25.3 Å². The van der Waals surface area contributed by atoms with Crippen LogP contribution in [0.2, 0.25) is 0 Å². The van der Waals surface area contributed by atoms with Crippen molar-refractivity contribution in [1.82, 2.24) is 4.57 Å². The van der Waals surface area contributed by atoms with Gasteiger partial charge in [0.05, 0.1) is 13.2 Å². The molecular formula is C29H35BrF2N2O3. The van der Waals surface area contributed by atoms with Crippen molar-refractivity contribution >= 4 is 5.97 Å². The number of benzene rings is 2. The van der Waals surface area contributed by atoms with E-state index in [0.29, 0.717) is 18.4 Å². The van der Waals surface area contributed by atoms with Crippen molar-refractivity contribution in [3.05, 3.63) is 90.0 Å². The Morgan fingerprint density at radius 1 is 1.14 bits per heavy atom. The monoisotopic (exact) mass is 576 g/mol. The second kappa shape index (κ2) is 12.8. The maximum atomic E-state index is 14.2. The molecule has 1 aliphatic rings.